The number of sulfonamides is 1. The van der Waals surface area contributed by atoms with Gasteiger partial charge in [-0.3, -0.25) is 9.69 Å². The van der Waals surface area contributed by atoms with Crippen LogP contribution in [-0.2, 0) is 16.6 Å². The van der Waals surface area contributed by atoms with Crippen LogP contribution in [0.15, 0.2) is 77.7 Å². The topological polar surface area (TPSA) is 73.8 Å². The zero-order valence-electron chi connectivity index (χ0n) is 20.3. The predicted octanol–water partition coefficient (Wildman–Crippen LogP) is 4.98. The molecule has 0 bridgehead atoms. The van der Waals surface area contributed by atoms with E-state index < -0.39 is 10.0 Å². The lowest BCUT2D eigenvalue weighted by Crippen LogP contribution is -2.36. The molecule has 0 aliphatic rings. The summed E-state index contributed by atoms with van der Waals surface area (Å²) >= 11 is 7.70. The van der Waals surface area contributed by atoms with Crippen LogP contribution in [-0.4, -0.2) is 62.7 Å². The number of carbonyl (C=O) groups is 1. The van der Waals surface area contributed by atoms with Crippen LogP contribution in [0.4, 0.5) is 5.13 Å². The molecular formula is C26H27ClN4O3S2. The maximum absolute atomic E-state index is 13.5. The zero-order valence-corrected chi connectivity index (χ0v) is 22.6. The SMILES string of the molecule is CN(C)CCN(C(=O)c1ccc(S(=O)(=O)N(C)Cc2ccccc2)cc1)c1nc2c(Cl)cccc2s1. The van der Waals surface area contributed by atoms with E-state index in [0.717, 1.165) is 10.3 Å². The Morgan fingerprint density at radius 2 is 1.61 bits per heavy atom. The number of fused-ring (bicyclic) bond motifs is 1. The molecular weight excluding hydrogens is 516 g/mol. The van der Waals surface area contributed by atoms with Crippen LogP contribution in [0.2, 0.25) is 5.02 Å². The lowest BCUT2D eigenvalue weighted by atomic mass is 10.2. The van der Waals surface area contributed by atoms with Crippen LogP contribution in [0.3, 0.4) is 0 Å². The largest absolute Gasteiger partial charge is 0.308 e. The number of anilines is 1. The first-order chi connectivity index (χ1) is 17.2. The van der Waals surface area contributed by atoms with E-state index in [0.29, 0.717) is 34.3 Å². The van der Waals surface area contributed by atoms with Gasteiger partial charge in [0.15, 0.2) is 5.13 Å². The Hall–Kier alpha value is -2.82. The molecule has 0 saturated heterocycles. The molecule has 3 aromatic carbocycles. The van der Waals surface area contributed by atoms with E-state index in [9.17, 15) is 13.2 Å². The van der Waals surface area contributed by atoms with Crippen molar-refractivity contribution >= 4 is 54.2 Å². The van der Waals surface area contributed by atoms with E-state index in [1.807, 2.05) is 61.5 Å². The summed E-state index contributed by atoms with van der Waals surface area (Å²) in [5.41, 5.74) is 1.93. The fourth-order valence-electron chi connectivity index (χ4n) is 3.63. The summed E-state index contributed by atoms with van der Waals surface area (Å²) in [6, 6.07) is 21.0. The summed E-state index contributed by atoms with van der Waals surface area (Å²) in [6.45, 7) is 1.30. The minimum absolute atomic E-state index is 0.129. The normalized spacial score (nSPS) is 11.9. The Bertz CT molecular complexity index is 1460. The van der Waals surface area contributed by atoms with Gasteiger partial charge in [0, 0.05) is 32.2 Å². The summed E-state index contributed by atoms with van der Waals surface area (Å²) in [4.78, 5) is 21.9. The van der Waals surface area contributed by atoms with Gasteiger partial charge in [-0.05, 0) is 56.1 Å². The summed E-state index contributed by atoms with van der Waals surface area (Å²) < 4.78 is 28.4. The maximum Gasteiger partial charge on any atom is 0.260 e. The number of hydrogen-bond acceptors (Lipinski definition) is 6. The molecule has 0 N–H and O–H groups in total. The van der Waals surface area contributed by atoms with E-state index in [1.165, 1.54) is 27.8 Å². The van der Waals surface area contributed by atoms with Crippen molar-refractivity contribution in [1.29, 1.82) is 0 Å². The van der Waals surface area contributed by atoms with Gasteiger partial charge in [-0.1, -0.05) is 59.3 Å². The van der Waals surface area contributed by atoms with Crippen LogP contribution >= 0.6 is 22.9 Å². The number of nitrogens with zero attached hydrogens (tertiary/aromatic N) is 4. The van der Waals surface area contributed by atoms with Crippen LogP contribution < -0.4 is 4.90 Å². The number of likely N-dealkylation sites (N-methyl/N-ethyl adjacent to an activating group) is 1. The van der Waals surface area contributed by atoms with Crippen LogP contribution in [0, 0.1) is 0 Å². The number of benzene rings is 3. The number of thiazole rings is 1. The Balaban J connectivity index is 1.59. The molecule has 0 aliphatic heterocycles. The molecule has 1 aromatic heterocycles. The molecule has 0 unspecified atom stereocenters. The number of carbonyl (C=O) groups excluding carboxylic acids is 1. The Labute approximate surface area is 220 Å². The summed E-state index contributed by atoms with van der Waals surface area (Å²) in [7, 11) is 1.69. The maximum atomic E-state index is 13.5. The smallest absolute Gasteiger partial charge is 0.260 e. The van der Waals surface area contributed by atoms with E-state index in [2.05, 4.69) is 4.98 Å². The summed E-state index contributed by atoms with van der Waals surface area (Å²) in [5.74, 6) is -0.256. The van der Waals surface area contributed by atoms with Gasteiger partial charge in [0.25, 0.3) is 5.91 Å². The molecule has 0 atom stereocenters. The molecule has 0 spiro atoms. The molecule has 1 amide bonds. The second-order valence-corrected chi connectivity index (χ2v) is 12.1. The van der Waals surface area contributed by atoms with Crippen LogP contribution in [0.5, 0.6) is 0 Å². The van der Waals surface area contributed by atoms with Gasteiger partial charge in [-0.25, -0.2) is 13.4 Å². The van der Waals surface area contributed by atoms with E-state index in [4.69, 9.17) is 11.6 Å². The molecule has 1 heterocycles. The van der Waals surface area contributed by atoms with E-state index in [1.54, 1.807) is 30.1 Å². The zero-order chi connectivity index (χ0) is 25.9. The van der Waals surface area contributed by atoms with Crippen molar-refractivity contribution in [1.82, 2.24) is 14.2 Å². The number of aromatic nitrogens is 1. The lowest BCUT2D eigenvalue weighted by molar-refractivity contribution is 0.0985. The second-order valence-electron chi connectivity index (χ2n) is 8.61. The third-order valence-electron chi connectivity index (χ3n) is 5.66. The van der Waals surface area contributed by atoms with Gasteiger partial charge >= 0.3 is 0 Å². The van der Waals surface area contributed by atoms with Gasteiger partial charge in [-0.15, -0.1) is 0 Å². The van der Waals surface area contributed by atoms with Crippen molar-refractivity contribution < 1.29 is 13.2 Å². The molecule has 188 valence electrons. The molecule has 7 nitrogen and oxygen atoms in total. The third kappa shape index (κ3) is 5.77. The van der Waals surface area contributed by atoms with Gasteiger partial charge in [0.05, 0.1) is 14.6 Å². The summed E-state index contributed by atoms with van der Waals surface area (Å²) in [6.07, 6.45) is 0. The fourth-order valence-corrected chi connectivity index (χ4v) is 6.08. The molecule has 0 saturated carbocycles. The van der Waals surface area contributed by atoms with Crippen molar-refractivity contribution in [3.63, 3.8) is 0 Å². The number of amides is 1. The highest BCUT2D eigenvalue weighted by Gasteiger charge is 2.24. The predicted molar refractivity (Wildman–Crippen MR) is 146 cm³/mol. The van der Waals surface area contributed by atoms with Crippen molar-refractivity contribution in [2.75, 3.05) is 39.1 Å². The monoisotopic (exact) mass is 542 g/mol. The first-order valence-corrected chi connectivity index (χ1v) is 13.9. The lowest BCUT2D eigenvalue weighted by Gasteiger charge is -2.22. The fraction of sp³-hybridized carbons (Fsp3) is 0.231. The van der Waals surface area contributed by atoms with Crippen molar-refractivity contribution in [3.05, 3.63) is 88.9 Å². The minimum Gasteiger partial charge on any atom is -0.308 e. The number of rotatable bonds is 9. The van der Waals surface area contributed by atoms with Gasteiger partial charge in [-0.2, -0.15) is 4.31 Å². The average Bonchev–Trinajstić information content (AvgIpc) is 3.30. The summed E-state index contributed by atoms with van der Waals surface area (Å²) in [5, 5.41) is 1.08. The third-order valence-corrected chi connectivity index (χ3v) is 8.83. The molecule has 10 heteroatoms. The highest BCUT2D eigenvalue weighted by Crippen LogP contribution is 2.33. The number of hydrogen-bond donors (Lipinski definition) is 0. The quantitative estimate of drug-likeness (QED) is 0.298. The first-order valence-electron chi connectivity index (χ1n) is 11.3. The first kappa shape index (κ1) is 26.2. The number of para-hydroxylation sites is 1. The standard InChI is InChI=1S/C26H27ClN4O3S2/c1-29(2)16-17-31(26-28-24-22(27)10-7-11-23(24)35-26)25(32)20-12-14-21(15-13-20)36(33,34)30(3)18-19-8-5-4-6-9-19/h4-15H,16-18H2,1-3H3. The second kappa shape index (κ2) is 11.1. The van der Waals surface area contributed by atoms with Crippen LogP contribution in [0.25, 0.3) is 10.2 Å². The van der Waals surface area contributed by atoms with Gasteiger partial charge in [0.1, 0.15) is 5.52 Å². The molecule has 36 heavy (non-hydrogen) atoms. The molecule has 0 fully saturated rings. The minimum atomic E-state index is -3.72. The molecule has 4 aromatic rings. The van der Waals surface area contributed by atoms with Gasteiger partial charge < -0.3 is 4.90 Å². The molecule has 4 rings (SSSR count). The van der Waals surface area contributed by atoms with Crippen molar-refractivity contribution in [3.8, 4) is 0 Å². The molecule has 0 radical (unpaired) electrons. The van der Waals surface area contributed by atoms with Crippen molar-refractivity contribution in [2.24, 2.45) is 0 Å². The Morgan fingerprint density at radius 3 is 2.25 bits per heavy atom. The highest BCUT2D eigenvalue weighted by atomic mass is 35.5. The highest BCUT2D eigenvalue weighted by molar-refractivity contribution is 7.89. The van der Waals surface area contributed by atoms with Crippen LogP contribution in [0.1, 0.15) is 15.9 Å². The van der Waals surface area contributed by atoms with Crippen molar-refractivity contribution in [2.45, 2.75) is 11.4 Å². The van der Waals surface area contributed by atoms with E-state index >= 15 is 0 Å². The van der Waals surface area contributed by atoms with E-state index in [-0.39, 0.29) is 17.3 Å². The average molecular weight is 543 g/mol. The Kier molecular flexibility index (Phi) is 8.07. The van der Waals surface area contributed by atoms with Gasteiger partial charge in [0.2, 0.25) is 10.0 Å². The number of halogens is 1. The Morgan fingerprint density at radius 1 is 0.917 bits per heavy atom. The molecule has 0 aliphatic carbocycles.